The van der Waals surface area contributed by atoms with E-state index < -0.39 is 0 Å². The Labute approximate surface area is 202 Å². The predicted octanol–water partition coefficient (Wildman–Crippen LogP) is 2.83. The molecule has 0 aliphatic carbocycles. The Hall–Kier alpha value is -1.88. The first kappa shape index (κ1) is 25.4. The van der Waals surface area contributed by atoms with E-state index in [0.717, 1.165) is 69.6 Å². The fraction of sp³-hybridized carbons (Fsp3) is 0.591. The monoisotopic (exact) mass is 541 g/mol. The summed E-state index contributed by atoms with van der Waals surface area (Å²) >= 11 is 0. The van der Waals surface area contributed by atoms with Gasteiger partial charge in [0.05, 0.1) is 6.54 Å². The minimum absolute atomic E-state index is 0. The molecule has 31 heavy (non-hydrogen) atoms. The van der Waals surface area contributed by atoms with Gasteiger partial charge >= 0.3 is 0 Å². The normalized spacial score (nSPS) is 15.7. The molecule has 1 aromatic heterocycles. The molecule has 1 aliphatic rings. The first-order valence-electron chi connectivity index (χ1n) is 11.0. The van der Waals surface area contributed by atoms with Gasteiger partial charge in [-0.25, -0.2) is 9.67 Å². The number of nitrogens with one attached hydrogen (secondary N) is 2. The molecule has 1 aromatic carbocycles. The van der Waals surface area contributed by atoms with Crippen LogP contribution >= 0.6 is 24.0 Å². The lowest BCUT2D eigenvalue weighted by Crippen LogP contribution is -2.47. The van der Waals surface area contributed by atoms with E-state index in [4.69, 9.17) is 9.73 Å². The fourth-order valence-electron chi connectivity index (χ4n) is 3.74. The van der Waals surface area contributed by atoms with Crippen molar-refractivity contribution in [3.8, 4) is 0 Å². The zero-order valence-electron chi connectivity index (χ0n) is 18.9. The van der Waals surface area contributed by atoms with Gasteiger partial charge in [0, 0.05) is 51.4 Å². The highest BCUT2D eigenvalue weighted by Crippen LogP contribution is 2.14. The van der Waals surface area contributed by atoms with Gasteiger partial charge in [-0.1, -0.05) is 18.2 Å². The average molecular weight is 541 g/mol. The highest BCUT2D eigenvalue weighted by atomic mass is 127. The van der Waals surface area contributed by atoms with E-state index in [9.17, 15) is 0 Å². The van der Waals surface area contributed by atoms with Crippen LogP contribution in [0.3, 0.4) is 0 Å². The number of ether oxygens (including phenoxy) is 1. The first-order valence-corrected chi connectivity index (χ1v) is 11.0. The van der Waals surface area contributed by atoms with Gasteiger partial charge in [0.2, 0.25) is 0 Å². The van der Waals surface area contributed by atoms with Gasteiger partial charge in [-0.3, -0.25) is 4.99 Å². The van der Waals surface area contributed by atoms with Crippen molar-refractivity contribution in [3.05, 3.63) is 42.0 Å². The molecule has 1 atom stereocenters. The van der Waals surface area contributed by atoms with Crippen molar-refractivity contribution in [1.82, 2.24) is 25.4 Å². The smallest absolute Gasteiger partial charge is 0.191 e. The number of anilines is 1. The quantitative estimate of drug-likeness (QED) is 0.209. The number of methoxy groups -OCH3 is 1. The van der Waals surface area contributed by atoms with Crippen LogP contribution in [0.4, 0.5) is 5.69 Å². The van der Waals surface area contributed by atoms with Crippen LogP contribution in [-0.2, 0) is 24.3 Å². The molecule has 172 valence electrons. The minimum Gasteiger partial charge on any atom is -0.377 e. The van der Waals surface area contributed by atoms with Gasteiger partial charge < -0.3 is 20.3 Å². The van der Waals surface area contributed by atoms with Crippen molar-refractivity contribution in [2.24, 2.45) is 4.99 Å². The molecular weight excluding hydrogens is 505 g/mol. The van der Waals surface area contributed by atoms with E-state index in [0.29, 0.717) is 12.6 Å². The van der Waals surface area contributed by atoms with Crippen molar-refractivity contribution in [1.29, 1.82) is 0 Å². The summed E-state index contributed by atoms with van der Waals surface area (Å²) in [5, 5.41) is 11.5. The topological polar surface area (TPSA) is 79.6 Å². The molecule has 0 saturated heterocycles. The second-order valence-electron chi connectivity index (χ2n) is 7.47. The fourth-order valence-corrected chi connectivity index (χ4v) is 3.74. The molecule has 2 heterocycles. The summed E-state index contributed by atoms with van der Waals surface area (Å²) in [6, 6.07) is 10.9. The third kappa shape index (κ3) is 7.64. The Morgan fingerprint density at radius 2 is 2.10 bits per heavy atom. The largest absolute Gasteiger partial charge is 0.377 e. The van der Waals surface area contributed by atoms with E-state index >= 15 is 0 Å². The SMILES string of the molecule is CCNC(=NCCCN(CC)c1ccccc1)NC1CCc2nc(COC)nn2C1.I. The van der Waals surface area contributed by atoms with Crippen molar-refractivity contribution in [3.63, 3.8) is 0 Å². The first-order chi connectivity index (χ1) is 14.7. The lowest BCUT2D eigenvalue weighted by Gasteiger charge is -2.25. The number of hydrogen-bond acceptors (Lipinski definition) is 5. The van der Waals surface area contributed by atoms with Crippen LogP contribution in [0.5, 0.6) is 0 Å². The summed E-state index contributed by atoms with van der Waals surface area (Å²) in [6.45, 7) is 9.18. The maximum absolute atomic E-state index is 5.15. The zero-order chi connectivity index (χ0) is 21.2. The number of hydrogen-bond donors (Lipinski definition) is 2. The van der Waals surface area contributed by atoms with E-state index in [2.05, 4.69) is 69.8 Å². The number of fused-ring (bicyclic) bond motifs is 1. The Bertz CT molecular complexity index is 796. The molecule has 2 aromatic rings. The Morgan fingerprint density at radius 1 is 1.29 bits per heavy atom. The van der Waals surface area contributed by atoms with Crippen LogP contribution < -0.4 is 15.5 Å². The minimum atomic E-state index is 0. The van der Waals surface area contributed by atoms with Crippen molar-refractivity contribution < 1.29 is 4.74 Å². The van der Waals surface area contributed by atoms with Gasteiger partial charge in [-0.15, -0.1) is 24.0 Å². The molecule has 2 N–H and O–H groups in total. The number of para-hydroxylation sites is 1. The van der Waals surface area contributed by atoms with Gasteiger partial charge in [0.25, 0.3) is 0 Å². The Morgan fingerprint density at radius 3 is 2.81 bits per heavy atom. The molecule has 3 rings (SSSR count). The van der Waals surface area contributed by atoms with Gasteiger partial charge in [0.15, 0.2) is 11.8 Å². The number of aryl methyl sites for hydroxylation is 1. The number of benzene rings is 1. The van der Waals surface area contributed by atoms with Crippen LogP contribution in [0.2, 0.25) is 0 Å². The third-order valence-corrected chi connectivity index (χ3v) is 5.22. The highest BCUT2D eigenvalue weighted by Gasteiger charge is 2.22. The zero-order valence-corrected chi connectivity index (χ0v) is 21.2. The van der Waals surface area contributed by atoms with Crippen LogP contribution in [0, 0.1) is 0 Å². The predicted molar refractivity (Wildman–Crippen MR) is 136 cm³/mol. The van der Waals surface area contributed by atoms with E-state index in [1.165, 1.54) is 5.69 Å². The molecule has 0 radical (unpaired) electrons. The number of aromatic nitrogens is 3. The summed E-state index contributed by atoms with van der Waals surface area (Å²) in [5.74, 6) is 2.68. The molecule has 1 aliphatic heterocycles. The molecule has 0 fully saturated rings. The van der Waals surface area contributed by atoms with Crippen molar-refractivity contribution in [2.75, 3.05) is 38.2 Å². The summed E-state index contributed by atoms with van der Waals surface area (Å²) in [5.41, 5.74) is 1.27. The number of aliphatic imine (C=N–C) groups is 1. The average Bonchev–Trinajstić information content (AvgIpc) is 3.16. The maximum Gasteiger partial charge on any atom is 0.191 e. The van der Waals surface area contributed by atoms with Crippen molar-refractivity contribution in [2.45, 2.75) is 52.3 Å². The van der Waals surface area contributed by atoms with E-state index in [-0.39, 0.29) is 24.0 Å². The number of rotatable bonds is 10. The summed E-state index contributed by atoms with van der Waals surface area (Å²) in [7, 11) is 1.67. The lowest BCUT2D eigenvalue weighted by molar-refractivity contribution is 0.177. The molecule has 0 saturated carbocycles. The van der Waals surface area contributed by atoms with Crippen LogP contribution in [0.1, 0.15) is 38.3 Å². The molecule has 0 bridgehead atoms. The highest BCUT2D eigenvalue weighted by molar-refractivity contribution is 14.0. The number of guanidine groups is 1. The van der Waals surface area contributed by atoms with Gasteiger partial charge in [-0.05, 0) is 38.8 Å². The van der Waals surface area contributed by atoms with Gasteiger partial charge in [0.1, 0.15) is 12.4 Å². The maximum atomic E-state index is 5.15. The Balaban J connectivity index is 0.00000341. The second kappa shape index (κ2) is 13.5. The summed E-state index contributed by atoms with van der Waals surface area (Å²) < 4.78 is 7.15. The molecular formula is C22H36IN7O. The summed E-state index contributed by atoms with van der Waals surface area (Å²) in [4.78, 5) is 11.7. The second-order valence-corrected chi connectivity index (χ2v) is 7.47. The van der Waals surface area contributed by atoms with Crippen LogP contribution in [0.25, 0.3) is 0 Å². The molecule has 1 unspecified atom stereocenters. The molecule has 9 heteroatoms. The number of nitrogens with zero attached hydrogens (tertiary/aromatic N) is 5. The van der Waals surface area contributed by atoms with E-state index in [1.54, 1.807) is 7.11 Å². The Kier molecular flexibility index (Phi) is 11.1. The molecule has 8 nitrogen and oxygen atoms in total. The standard InChI is InChI=1S/C22H35N7O.HI/c1-4-23-22(24-14-9-15-28(5-2)19-10-7-6-8-11-19)25-18-12-13-21-26-20(17-30-3)27-29(21)16-18;/h6-8,10-11,18H,4-5,9,12-17H2,1-3H3,(H2,23,24,25);1H. The van der Waals surface area contributed by atoms with Gasteiger partial charge in [-0.2, -0.15) is 5.10 Å². The van der Waals surface area contributed by atoms with Crippen molar-refractivity contribution >= 4 is 35.6 Å². The van der Waals surface area contributed by atoms with E-state index in [1.807, 2.05) is 4.68 Å². The van der Waals surface area contributed by atoms with Crippen LogP contribution in [-0.4, -0.2) is 60.1 Å². The molecule has 0 spiro atoms. The third-order valence-electron chi connectivity index (χ3n) is 5.22. The number of halogens is 1. The lowest BCUT2D eigenvalue weighted by atomic mass is 10.1. The summed E-state index contributed by atoms with van der Waals surface area (Å²) in [6.07, 6.45) is 2.95. The molecule has 0 amide bonds. The van der Waals surface area contributed by atoms with Crippen LogP contribution in [0.15, 0.2) is 35.3 Å².